The smallest absolute Gasteiger partial charge is 0.225 e. The van der Waals surface area contributed by atoms with Gasteiger partial charge in [-0.1, -0.05) is 31.2 Å². The maximum atomic E-state index is 13.2. The van der Waals surface area contributed by atoms with Crippen LogP contribution in [-0.2, 0) is 24.8 Å². The van der Waals surface area contributed by atoms with Gasteiger partial charge in [-0.2, -0.15) is 0 Å². The Morgan fingerprint density at radius 2 is 1.64 bits per heavy atom. The fraction of sp³-hybridized carbons (Fsp3) is 0.481. The van der Waals surface area contributed by atoms with Crippen LogP contribution in [0.5, 0.6) is 0 Å². The Labute approximate surface area is 196 Å². The summed E-state index contributed by atoms with van der Waals surface area (Å²) in [4.78, 5) is 25.0. The number of piperidine rings is 1. The molecule has 2 aliphatic heterocycles. The summed E-state index contributed by atoms with van der Waals surface area (Å²) >= 11 is 0. The van der Waals surface area contributed by atoms with E-state index < -0.39 is 0 Å². The van der Waals surface area contributed by atoms with Crippen LogP contribution in [0.3, 0.4) is 0 Å². The zero-order valence-electron chi connectivity index (χ0n) is 19.9. The van der Waals surface area contributed by atoms with Crippen molar-refractivity contribution in [2.45, 2.75) is 32.7 Å². The third-order valence-corrected chi connectivity index (χ3v) is 7.48. The number of benzene rings is 2. The Bertz CT molecular complexity index is 1090. The molecule has 0 spiro atoms. The van der Waals surface area contributed by atoms with Gasteiger partial charge in [0.15, 0.2) is 0 Å². The summed E-state index contributed by atoms with van der Waals surface area (Å²) in [6.07, 6.45) is 2.96. The molecule has 0 radical (unpaired) electrons. The minimum absolute atomic E-state index is 0.164. The Hall–Kier alpha value is -2.86. The maximum absolute atomic E-state index is 13.2. The third kappa shape index (κ3) is 4.62. The van der Waals surface area contributed by atoms with Crippen molar-refractivity contribution in [3.8, 4) is 0 Å². The molecule has 2 fully saturated rings. The largest absolute Gasteiger partial charge is 0.368 e. The van der Waals surface area contributed by atoms with E-state index in [1.54, 1.807) is 0 Å². The van der Waals surface area contributed by atoms with Gasteiger partial charge in [-0.05, 0) is 62.2 Å². The molecule has 2 saturated heterocycles. The molecular weight excluding hydrogens is 410 g/mol. The van der Waals surface area contributed by atoms with Crippen molar-refractivity contribution in [2.24, 2.45) is 13.0 Å². The number of piperazine rings is 1. The third-order valence-electron chi connectivity index (χ3n) is 7.48. The van der Waals surface area contributed by atoms with Crippen molar-refractivity contribution >= 4 is 22.6 Å². The Balaban J connectivity index is 1.11. The number of amides is 1. The fourth-order valence-electron chi connectivity index (χ4n) is 5.26. The fourth-order valence-corrected chi connectivity index (χ4v) is 5.26. The SMILES string of the molecule is CCc1ccc(N2CCN(C(=O)C3CCN(Cc4nc5ccccc5n4C)CC3)CC2)cc1. The number of carbonyl (C=O) groups is 1. The first-order valence-electron chi connectivity index (χ1n) is 12.4. The van der Waals surface area contributed by atoms with Crippen LogP contribution in [0.2, 0.25) is 0 Å². The van der Waals surface area contributed by atoms with E-state index in [-0.39, 0.29) is 5.92 Å². The number of aryl methyl sites for hydroxylation is 2. The lowest BCUT2D eigenvalue weighted by Gasteiger charge is -2.39. The summed E-state index contributed by atoms with van der Waals surface area (Å²) in [7, 11) is 2.10. The van der Waals surface area contributed by atoms with Crippen LogP contribution in [0.15, 0.2) is 48.5 Å². The predicted octanol–water partition coefficient (Wildman–Crippen LogP) is 3.70. The van der Waals surface area contributed by atoms with E-state index in [9.17, 15) is 4.79 Å². The number of likely N-dealkylation sites (tertiary alicyclic amines) is 1. The van der Waals surface area contributed by atoms with Crippen LogP contribution in [0.25, 0.3) is 11.0 Å². The molecule has 6 nitrogen and oxygen atoms in total. The second-order valence-corrected chi connectivity index (χ2v) is 9.46. The van der Waals surface area contributed by atoms with Crippen LogP contribution in [0.1, 0.15) is 31.2 Å². The molecule has 3 aromatic rings. The zero-order chi connectivity index (χ0) is 22.8. The molecule has 0 N–H and O–H groups in total. The lowest BCUT2D eigenvalue weighted by molar-refractivity contribution is -0.137. The van der Waals surface area contributed by atoms with Crippen molar-refractivity contribution in [3.63, 3.8) is 0 Å². The summed E-state index contributed by atoms with van der Waals surface area (Å²) in [6, 6.07) is 17.2. The van der Waals surface area contributed by atoms with Crippen LogP contribution in [-0.4, -0.2) is 64.5 Å². The van der Waals surface area contributed by atoms with Gasteiger partial charge in [-0.15, -0.1) is 0 Å². The van der Waals surface area contributed by atoms with Crippen LogP contribution in [0.4, 0.5) is 5.69 Å². The first-order valence-corrected chi connectivity index (χ1v) is 12.4. The number of para-hydroxylation sites is 2. The monoisotopic (exact) mass is 445 g/mol. The summed E-state index contributed by atoms with van der Waals surface area (Å²) in [5.41, 5.74) is 4.88. The van der Waals surface area contributed by atoms with Crippen molar-refractivity contribution in [3.05, 3.63) is 59.9 Å². The highest BCUT2D eigenvalue weighted by Crippen LogP contribution is 2.24. The Kier molecular flexibility index (Phi) is 6.36. The molecule has 0 saturated carbocycles. The lowest BCUT2D eigenvalue weighted by Crippen LogP contribution is -2.51. The normalized spacial score (nSPS) is 18.2. The van der Waals surface area contributed by atoms with Crippen molar-refractivity contribution in [2.75, 3.05) is 44.2 Å². The number of aromatic nitrogens is 2. The van der Waals surface area contributed by atoms with Gasteiger partial charge in [0, 0.05) is 44.8 Å². The molecule has 2 aliphatic rings. The van der Waals surface area contributed by atoms with E-state index in [4.69, 9.17) is 4.98 Å². The van der Waals surface area contributed by atoms with Gasteiger partial charge < -0.3 is 14.4 Å². The number of anilines is 1. The highest BCUT2D eigenvalue weighted by molar-refractivity contribution is 5.79. The van der Waals surface area contributed by atoms with E-state index >= 15 is 0 Å². The van der Waals surface area contributed by atoms with Gasteiger partial charge in [0.25, 0.3) is 0 Å². The topological polar surface area (TPSA) is 44.6 Å². The van der Waals surface area contributed by atoms with Crippen molar-refractivity contribution in [1.29, 1.82) is 0 Å². The Morgan fingerprint density at radius 1 is 0.939 bits per heavy atom. The molecule has 5 rings (SSSR count). The van der Waals surface area contributed by atoms with E-state index in [0.29, 0.717) is 5.91 Å². The molecule has 1 amide bonds. The molecule has 0 unspecified atom stereocenters. The van der Waals surface area contributed by atoms with Crippen molar-refractivity contribution < 1.29 is 4.79 Å². The standard InChI is InChI=1S/C27H35N5O/c1-3-21-8-10-23(11-9-21)31-16-18-32(19-17-31)27(33)22-12-14-30(15-13-22)20-26-28-24-6-4-5-7-25(24)29(26)2/h4-11,22H,3,12-20H2,1-2H3. The first-order chi connectivity index (χ1) is 16.1. The molecule has 3 heterocycles. The van der Waals surface area contributed by atoms with E-state index in [0.717, 1.165) is 76.4 Å². The van der Waals surface area contributed by atoms with Gasteiger partial charge in [-0.25, -0.2) is 4.98 Å². The van der Waals surface area contributed by atoms with Crippen LogP contribution in [0, 0.1) is 5.92 Å². The quantitative estimate of drug-likeness (QED) is 0.601. The summed E-state index contributed by atoms with van der Waals surface area (Å²) < 4.78 is 2.20. The molecule has 0 aliphatic carbocycles. The van der Waals surface area contributed by atoms with Crippen LogP contribution < -0.4 is 4.90 Å². The lowest BCUT2D eigenvalue weighted by atomic mass is 9.95. The highest BCUT2D eigenvalue weighted by Gasteiger charge is 2.30. The number of imidazole rings is 1. The number of carbonyl (C=O) groups excluding carboxylic acids is 1. The second kappa shape index (κ2) is 9.56. The number of hydrogen-bond acceptors (Lipinski definition) is 4. The number of hydrogen-bond donors (Lipinski definition) is 0. The summed E-state index contributed by atoms with van der Waals surface area (Å²) in [5, 5.41) is 0. The minimum Gasteiger partial charge on any atom is -0.368 e. The molecule has 0 bridgehead atoms. The first kappa shape index (κ1) is 22.0. The van der Waals surface area contributed by atoms with Gasteiger partial charge in [0.1, 0.15) is 5.82 Å². The number of nitrogens with zero attached hydrogens (tertiary/aromatic N) is 5. The van der Waals surface area contributed by atoms with Crippen molar-refractivity contribution in [1.82, 2.24) is 19.4 Å². The second-order valence-electron chi connectivity index (χ2n) is 9.46. The maximum Gasteiger partial charge on any atom is 0.225 e. The average molecular weight is 446 g/mol. The van der Waals surface area contributed by atoms with Gasteiger partial charge in [0.05, 0.1) is 17.6 Å². The molecule has 2 aromatic carbocycles. The number of fused-ring (bicyclic) bond motifs is 1. The molecule has 174 valence electrons. The van der Waals surface area contributed by atoms with Crippen LogP contribution >= 0.6 is 0 Å². The molecule has 0 atom stereocenters. The molecule has 33 heavy (non-hydrogen) atoms. The van der Waals surface area contributed by atoms with Gasteiger partial charge in [0.2, 0.25) is 5.91 Å². The summed E-state index contributed by atoms with van der Waals surface area (Å²) in [5.74, 6) is 1.62. The van der Waals surface area contributed by atoms with Gasteiger partial charge >= 0.3 is 0 Å². The average Bonchev–Trinajstić information content (AvgIpc) is 3.19. The minimum atomic E-state index is 0.164. The summed E-state index contributed by atoms with van der Waals surface area (Å²) in [6.45, 7) is 8.45. The van der Waals surface area contributed by atoms with E-state index in [1.807, 2.05) is 6.07 Å². The van der Waals surface area contributed by atoms with E-state index in [2.05, 4.69) is 75.7 Å². The Morgan fingerprint density at radius 3 is 2.30 bits per heavy atom. The highest BCUT2D eigenvalue weighted by atomic mass is 16.2. The van der Waals surface area contributed by atoms with Gasteiger partial charge in [-0.3, -0.25) is 9.69 Å². The zero-order valence-corrected chi connectivity index (χ0v) is 19.9. The molecule has 6 heteroatoms. The van der Waals surface area contributed by atoms with E-state index in [1.165, 1.54) is 16.8 Å². The number of rotatable bonds is 5. The molecule has 1 aromatic heterocycles. The molecular formula is C27H35N5O. The predicted molar refractivity (Wildman–Crippen MR) is 133 cm³/mol.